The van der Waals surface area contributed by atoms with E-state index in [0.717, 1.165) is 22.4 Å². The van der Waals surface area contributed by atoms with Crippen molar-refractivity contribution in [2.45, 2.75) is 40.5 Å². The topological polar surface area (TPSA) is 46.6 Å². The first-order chi connectivity index (χ1) is 9.51. The normalized spacial score (nSPS) is 10.4. The molecule has 5 heteroatoms. The fourth-order valence-corrected chi connectivity index (χ4v) is 2.80. The molecule has 1 aromatic heterocycles. The molecule has 1 amide bonds. The van der Waals surface area contributed by atoms with Crippen LogP contribution in [0.15, 0.2) is 5.38 Å². The van der Waals surface area contributed by atoms with Gasteiger partial charge in [0.2, 0.25) is 0 Å². The molecule has 0 saturated carbocycles. The SMILES string of the molecule is CCCN(CCC(=O)OCC)C(=O)c1csc(C)c1C. The number of esters is 1. The predicted molar refractivity (Wildman–Crippen MR) is 81.2 cm³/mol. The Morgan fingerprint density at radius 2 is 1.95 bits per heavy atom. The van der Waals surface area contributed by atoms with Crippen LogP contribution in [0.1, 0.15) is 47.5 Å². The van der Waals surface area contributed by atoms with Gasteiger partial charge in [-0.25, -0.2) is 0 Å². The molecule has 0 spiro atoms. The van der Waals surface area contributed by atoms with Crippen molar-refractivity contribution >= 4 is 23.2 Å². The van der Waals surface area contributed by atoms with Gasteiger partial charge in [0.1, 0.15) is 0 Å². The molecule has 0 bridgehead atoms. The Labute approximate surface area is 124 Å². The van der Waals surface area contributed by atoms with Crippen LogP contribution >= 0.6 is 11.3 Å². The van der Waals surface area contributed by atoms with Crippen molar-refractivity contribution in [3.05, 3.63) is 21.4 Å². The summed E-state index contributed by atoms with van der Waals surface area (Å²) in [7, 11) is 0. The lowest BCUT2D eigenvalue weighted by Gasteiger charge is -2.21. The molecule has 4 nitrogen and oxygen atoms in total. The number of ether oxygens (including phenoxy) is 1. The Morgan fingerprint density at radius 1 is 1.25 bits per heavy atom. The van der Waals surface area contributed by atoms with Gasteiger partial charge in [0.15, 0.2) is 0 Å². The molecule has 0 saturated heterocycles. The van der Waals surface area contributed by atoms with Crippen molar-refractivity contribution in [3.8, 4) is 0 Å². The lowest BCUT2D eigenvalue weighted by molar-refractivity contribution is -0.143. The second-order valence-electron chi connectivity index (χ2n) is 4.68. The maximum absolute atomic E-state index is 12.5. The van der Waals surface area contributed by atoms with E-state index >= 15 is 0 Å². The Balaban J connectivity index is 2.72. The molecule has 0 aliphatic heterocycles. The zero-order chi connectivity index (χ0) is 15.1. The van der Waals surface area contributed by atoms with E-state index in [2.05, 4.69) is 0 Å². The van der Waals surface area contributed by atoms with Gasteiger partial charge < -0.3 is 9.64 Å². The van der Waals surface area contributed by atoms with Crippen molar-refractivity contribution < 1.29 is 14.3 Å². The minimum absolute atomic E-state index is 0.0120. The molecule has 0 unspecified atom stereocenters. The Bertz CT molecular complexity index is 468. The fourth-order valence-electron chi connectivity index (χ4n) is 1.94. The van der Waals surface area contributed by atoms with E-state index in [0.29, 0.717) is 19.7 Å². The van der Waals surface area contributed by atoms with Crippen LogP contribution < -0.4 is 0 Å². The number of hydrogen-bond acceptors (Lipinski definition) is 4. The molecule has 0 aliphatic carbocycles. The van der Waals surface area contributed by atoms with Crippen LogP contribution in [0.25, 0.3) is 0 Å². The fraction of sp³-hybridized carbons (Fsp3) is 0.600. The summed E-state index contributed by atoms with van der Waals surface area (Å²) in [6.45, 7) is 9.24. The predicted octanol–water partition coefficient (Wildman–Crippen LogP) is 3.17. The number of amides is 1. The second-order valence-corrected chi connectivity index (χ2v) is 5.76. The summed E-state index contributed by atoms with van der Waals surface area (Å²) >= 11 is 1.59. The minimum atomic E-state index is -0.250. The lowest BCUT2D eigenvalue weighted by Crippen LogP contribution is -2.34. The molecule has 20 heavy (non-hydrogen) atoms. The molecule has 0 aliphatic rings. The quantitative estimate of drug-likeness (QED) is 0.726. The number of carbonyl (C=O) groups is 2. The average molecular weight is 297 g/mol. The third kappa shape index (κ3) is 4.34. The van der Waals surface area contributed by atoms with Crippen molar-refractivity contribution in [3.63, 3.8) is 0 Å². The highest BCUT2D eigenvalue weighted by Gasteiger charge is 2.19. The first-order valence-electron chi connectivity index (χ1n) is 7.00. The molecule has 0 aromatic carbocycles. The van der Waals surface area contributed by atoms with E-state index in [1.807, 2.05) is 26.2 Å². The maximum atomic E-state index is 12.5. The van der Waals surface area contributed by atoms with Crippen molar-refractivity contribution in [1.82, 2.24) is 4.90 Å². The molecule has 1 rings (SSSR count). The Kier molecular flexibility index (Phi) is 6.71. The number of aryl methyl sites for hydroxylation is 1. The van der Waals surface area contributed by atoms with Gasteiger partial charge in [0.25, 0.3) is 5.91 Å². The average Bonchev–Trinajstić information content (AvgIpc) is 2.74. The molecule has 0 fully saturated rings. The van der Waals surface area contributed by atoms with Crippen LogP contribution in [0.4, 0.5) is 0 Å². The number of nitrogens with zero attached hydrogens (tertiary/aromatic N) is 1. The summed E-state index contributed by atoms with van der Waals surface area (Å²) in [6, 6.07) is 0. The number of hydrogen-bond donors (Lipinski definition) is 0. The Hall–Kier alpha value is -1.36. The monoisotopic (exact) mass is 297 g/mol. The smallest absolute Gasteiger partial charge is 0.307 e. The van der Waals surface area contributed by atoms with Gasteiger partial charge in [-0.2, -0.15) is 0 Å². The highest BCUT2D eigenvalue weighted by molar-refractivity contribution is 7.10. The highest BCUT2D eigenvalue weighted by atomic mass is 32.1. The molecular formula is C15H23NO3S. The third-order valence-corrected chi connectivity index (χ3v) is 4.20. The van der Waals surface area contributed by atoms with Crippen molar-refractivity contribution in [2.24, 2.45) is 0 Å². The number of rotatable bonds is 7. The first kappa shape index (κ1) is 16.7. The molecule has 1 heterocycles. The minimum Gasteiger partial charge on any atom is -0.466 e. The van der Waals surface area contributed by atoms with Crippen LogP contribution in [0, 0.1) is 13.8 Å². The van der Waals surface area contributed by atoms with Crippen LogP contribution in [0.3, 0.4) is 0 Å². The van der Waals surface area contributed by atoms with Gasteiger partial charge in [-0.05, 0) is 32.8 Å². The maximum Gasteiger partial charge on any atom is 0.307 e. The van der Waals surface area contributed by atoms with Gasteiger partial charge in [-0.3, -0.25) is 9.59 Å². The van der Waals surface area contributed by atoms with E-state index < -0.39 is 0 Å². The number of thiophene rings is 1. The van der Waals surface area contributed by atoms with Crippen molar-refractivity contribution in [2.75, 3.05) is 19.7 Å². The van der Waals surface area contributed by atoms with Gasteiger partial charge in [-0.15, -0.1) is 11.3 Å². The summed E-state index contributed by atoms with van der Waals surface area (Å²) in [6.07, 6.45) is 1.12. The van der Waals surface area contributed by atoms with E-state index in [4.69, 9.17) is 4.74 Å². The van der Waals surface area contributed by atoms with Crippen LogP contribution in [-0.4, -0.2) is 36.5 Å². The summed E-state index contributed by atoms with van der Waals surface area (Å²) in [4.78, 5) is 26.8. The van der Waals surface area contributed by atoms with E-state index in [1.165, 1.54) is 0 Å². The van der Waals surface area contributed by atoms with Crippen LogP contribution in [0.5, 0.6) is 0 Å². The second kappa shape index (κ2) is 8.04. The summed E-state index contributed by atoms with van der Waals surface area (Å²) in [5.74, 6) is -0.238. The van der Waals surface area contributed by atoms with E-state index in [9.17, 15) is 9.59 Å². The molecule has 0 N–H and O–H groups in total. The third-order valence-electron chi connectivity index (χ3n) is 3.19. The van der Waals surface area contributed by atoms with Crippen molar-refractivity contribution in [1.29, 1.82) is 0 Å². The van der Waals surface area contributed by atoms with Gasteiger partial charge in [0, 0.05) is 23.3 Å². The standard InChI is InChI=1S/C15H23NO3S/c1-5-8-16(9-7-14(17)19-6-2)15(18)13-10-20-12(4)11(13)3/h10H,5-9H2,1-4H3. The largest absolute Gasteiger partial charge is 0.466 e. The highest BCUT2D eigenvalue weighted by Crippen LogP contribution is 2.22. The molecule has 0 radical (unpaired) electrons. The van der Waals surface area contributed by atoms with E-state index in [-0.39, 0.29) is 18.3 Å². The number of carbonyl (C=O) groups excluding carboxylic acids is 2. The lowest BCUT2D eigenvalue weighted by atomic mass is 10.1. The van der Waals surface area contributed by atoms with Gasteiger partial charge in [0.05, 0.1) is 18.6 Å². The van der Waals surface area contributed by atoms with Gasteiger partial charge in [-0.1, -0.05) is 6.92 Å². The summed E-state index contributed by atoms with van der Waals surface area (Å²) in [5.41, 5.74) is 1.79. The molecule has 1 aromatic rings. The summed E-state index contributed by atoms with van der Waals surface area (Å²) < 4.78 is 4.91. The molecular weight excluding hydrogens is 274 g/mol. The van der Waals surface area contributed by atoms with Crippen LogP contribution in [-0.2, 0) is 9.53 Å². The zero-order valence-corrected chi connectivity index (χ0v) is 13.5. The van der Waals surface area contributed by atoms with E-state index in [1.54, 1.807) is 23.2 Å². The summed E-state index contributed by atoms with van der Waals surface area (Å²) in [5, 5.41) is 1.90. The molecule has 0 atom stereocenters. The van der Waals surface area contributed by atoms with Crippen LogP contribution in [0.2, 0.25) is 0 Å². The Morgan fingerprint density at radius 3 is 2.45 bits per heavy atom. The van der Waals surface area contributed by atoms with Gasteiger partial charge >= 0.3 is 5.97 Å². The first-order valence-corrected chi connectivity index (χ1v) is 7.88. The zero-order valence-electron chi connectivity index (χ0n) is 12.7. The molecule has 112 valence electrons.